The van der Waals surface area contributed by atoms with E-state index in [1.807, 2.05) is 18.2 Å². The molecule has 0 amide bonds. The number of rotatable bonds is 10. The van der Waals surface area contributed by atoms with Crippen LogP contribution in [-0.4, -0.2) is 68.8 Å². The zero-order chi connectivity index (χ0) is 24.0. The van der Waals surface area contributed by atoms with Gasteiger partial charge >= 0.3 is 5.97 Å². The van der Waals surface area contributed by atoms with Crippen molar-refractivity contribution in [2.45, 2.75) is 69.7 Å². The number of hydrogen-bond donors (Lipinski definition) is 5. The van der Waals surface area contributed by atoms with Gasteiger partial charge in [0.1, 0.15) is 30.2 Å². The Hall–Kier alpha value is -2.49. The second-order valence-electron chi connectivity index (χ2n) is 8.37. The summed E-state index contributed by atoms with van der Waals surface area (Å²) in [5.74, 6) is -0.565. The van der Waals surface area contributed by atoms with E-state index in [4.69, 9.17) is 14.6 Å². The Bertz CT molecular complexity index is 928. The van der Waals surface area contributed by atoms with Crippen molar-refractivity contribution in [1.82, 2.24) is 0 Å². The molecule has 1 heterocycles. The number of unbranched alkanes of at least 4 members (excludes halogenated alkanes) is 2. The molecule has 1 saturated heterocycles. The zero-order valence-electron chi connectivity index (χ0n) is 18.6. The highest BCUT2D eigenvalue weighted by Crippen LogP contribution is 2.35. The number of benzene rings is 2. The van der Waals surface area contributed by atoms with E-state index >= 15 is 0 Å². The van der Waals surface area contributed by atoms with Crippen LogP contribution >= 0.6 is 0 Å². The van der Waals surface area contributed by atoms with E-state index in [2.05, 4.69) is 6.92 Å². The predicted molar refractivity (Wildman–Crippen MR) is 121 cm³/mol. The average Bonchev–Trinajstić information content (AvgIpc) is 2.80. The summed E-state index contributed by atoms with van der Waals surface area (Å²) in [6.07, 6.45) is -2.95. The number of aryl methyl sites for hydroxylation is 1. The summed E-state index contributed by atoms with van der Waals surface area (Å²) in [4.78, 5) is 11.2. The van der Waals surface area contributed by atoms with Crippen LogP contribution in [0, 0.1) is 0 Å². The minimum absolute atomic E-state index is 0.118. The van der Waals surface area contributed by atoms with Gasteiger partial charge in [-0.15, -0.1) is 0 Å². The predicted octanol–water partition coefficient (Wildman–Crippen LogP) is 1.89. The summed E-state index contributed by atoms with van der Waals surface area (Å²) in [7, 11) is 0. The number of hydrogen-bond acceptors (Lipinski definition) is 7. The van der Waals surface area contributed by atoms with Crippen LogP contribution in [0.4, 0.5) is 0 Å². The van der Waals surface area contributed by atoms with Crippen molar-refractivity contribution in [3.05, 3.63) is 53.6 Å². The van der Waals surface area contributed by atoms with Gasteiger partial charge in [0.25, 0.3) is 0 Å². The monoisotopic (exact) mass is 460 g/mol. The first-order valence-corrected chi connectivity index (χ1v) is 11.2. The normalized spacial score (nSPS) is 25.1. The van der Waals surface area contributed by atoms with Crippen molar-refractivity contribution in [3.8, 4) is 16.9 Å². The third-order valence-corrected chi connectivity index (χ3v) is 5.80. The Morgan fingerprint density at radius 1 is 1.00 bits per heavy atom. The van der Waals surface area contributed by atoms with Crippen molar-refractivity contribution in [2.24, 2.45) is 0 Å². The number of carboxylic acid groups (broad SMARTS) is 1. The van der Waals surface area contributed by atoms with Crippen LogP contribution in [0.15, 0.2) is 42.5 Å². The zero-order valence-corrected chi connectivity index (χ0v) is 18.6. The minimum Gasteiger partial charge on any atom is -0.481 e. The fourth-order valence-corrected chi connectivity index (χ4v) is 3.95. The summed E-state index contributed by atoms with van der Waals surface area (Å²) in [5, 5.41) is 49.1. The van der Waals surface area contributed by atoms with E-state index in [-0.39, 0.29) is 6.42 Å². The molecule has 0 saturated carbocycles. The van der Waals surface area contributed by atoms with E-state index in [9.17, 15) is 25.2 Å². The Balaban J connectivity index is 1.94. The van der Waals surface area contributed by atoms with Gasteiger partial charge in [0.05, 0.1) is 13.0 Å². The molecule has 5 N–H and O–H groups in total. The van der Waals surface area contributed by atoms with Crippen molar-refractivity contribution < 1.29 is 39.8 Å². The lowest BCUT2D eigenvalue weighted by atomic mass is 9.96. The van der Waals surface area contributed by atoms with E-state index < -0.39 is 43.3 Å². The molecule has 2 aromatic rings. The Morgan fingerprint density at radius 3 is 2.48 bits per heavy atom. The Labute approximate surface area is 193 Å². The van der Waals surface area contributed by atoms with Crippen LogP contribution in [0.5, 0.6) is 5.75 Å². The van der Waals surface area contributed by atoms with Gasteiger partial charge in [-0.2, -0.15) is 0 Å². The molecule has 1 aliphatic heterocycles. The topological polar surface area (TPSA) is 137 Å². The summed E-state index contributed by atoms with van der Waals surface area (Å²) in [5.41, 5.74) is 3.15. The minimum atomic E-state index is -1.54. The maximum atomic E-state index is 11.2. The lowest BCUT2D eigenvalue weighted by Gasteiger charge is -2.39. The molecule has 1 fully saturated rings. The molecule has 33 heavy (non-hydrogen) atoms. The first-order chi connectivity index (χ1) is 15.8. The van der Waals surface area contributed by atoms with Gasteiger partial charge in [0.2, 0.25) is 6.29 Å². The molecule has 3 rings (SSSR count). The van der Waals surface area contributed by atoms with Crippen LogP contribution in [0.2, 0.25) is 0 Å². The number of carbonyl (C=O) groups is 1. The SMILES string of the molecule is CCCCCc1ccc(O[C@H]2O[C@H](CO)[C@@H](O)[C@H](O)[C@@H]2O)c(-c2cccc(CC(=O)O)c2)c1. The number of ether oxygens (including phenoxy) is 2. The fourth-order valence-electron chi connectivity index (χ4n) is 3.95. The van der Waals surface area contributed by atoms with Crippen molar-refractivity contribution in [1.29, 1.82) is 0 Å². The van der Waals surface area contributed by atoms with Crippen LogP contribution in [0.3, 0.4) is 0 Å². The molecule has 1 aliphatic rings. The fraction of sp³-hybridized carbons (Fsp3) is 0.480. The molecule has 8 heteroatoms. The number of aliphatic carboxylic acids is 1. The molecule has 5 atom stereocenters. The molecule has 0 aliphatic carbocycles. The Morgan fingerprint density at radius 2 is 1.79 bits per heavy atom. The molecule has 0 spiro atoms. The molecule has 180 valence electrons. The largest absolute Gasteiger partial charge is 0.481 e. The number of carboxylic acids is 1. The summed E-state index contributed by atoms with van der Waals surface area (Å²) >= 11 is 0. The van der Waals surface area contributed by atoms with Gasteiger partial charge in [0.15, 0.2) is 0 Å². The highest BCUT2D eigenvalue weighted by Gasteiger charge is 2.44. The van der Waals surface area contributed by atoms with Gasteiger partial charge in [-0.05, 0) is 41.7 Å². The van der Waals surface area contributed by atoms with Gasteiger partial charge in [-0.25, -0.2) is 0 Å². The highest BCUT2D eigenvalue weighted by atomic mass is 16.7. The lowest BCUT2D eigenvalue weighted by Crippen LogP contribution is -2.60. The van der Waals surface area contributed by atoms with E-state index in [0.717, 1.165) is 36.8 Å². The van der Waals surface area contributed by atoms with Crippen LogP contribution in [-0.2, 0) is 22.4 Å². The third-order valence-electron chi connectivity index (χ3n) is 5.80. The second kappa shape index (κ2) is 11.6. The van der Waals surface area contributed by atoms with Gasteiger partial charge in [0, 0.05) is 5.56 Å². The second-order valence-corrected chi connectivity index (χ2v) is 8.37. The summed E-state index contributed by atoms with van der Waals surface area (Å²) in [6, 6.07) is 12.8. The molecule has 2 aromatic carbocycles. The van der Waals surface area contributed by atoms with Gasteiger partial charge < -0.3 is 35.0 Å². The van der Waals surface area contributed by atoms with Crippen molar-refractivity contribution >= 4 is 5.97 Å². The number of aliphatic hydroxyl groups is 4. The molecule has 8 nitrogen and oxygen atoms in total. The first-order valence-electron chi connectivity index (χ1n) is 11.2. The first kappa shape index (κ1) is 25.1. The van der Waals surface area contributed by atoms with Crippen LogP contribution < -0.4 is 4.74 Å². The van der Waals surface area contributed by atoms with Crippen LogP contribution in [0.25, 0.3) is 11.1 Å². The summed E-state index contributed by atoms with van der Waals surface area (Å²) < 4.78 is 11.4. The molecule has 0 bridgehead atoms. The number of aliphatic hydroxyl groups excluding tert-OH is 4. The quantitative estimate of drug-likeness (QED) is 0.339. The van der Waals surface area contributed by atoms with E-state index in [1.165, 1.54) is 0 Å². The van der Waals surface area contributed by atoms with Gasteiger partial charge in [-0.1, -0.05) is 50.1 Å². The van der Waals surface area contributed by atoms with Crippen LogP contribution in [0.1, 0.15) is 37.3 Å². The standard InChI is InChI=1S/C25H32O8/c1-2-3-4-6-15-9-10-19(32-25-24(31)23(30)22(29)20(14-26)33-25)18(12-15)17-8-5-7-16(11-17)13-21(27)28/h5,7-12,20,22-26,29-31H,2-4,6,13-14H2,1H3,(H,27,28)/t20-,22-,23+,24+,25+/m1/s1. The molecule has 0 unspecified atom stereocenters. The third kappa shape index (κ3) is 6.31. The smallest absolute Gasteiger partial charge is 0.307 e. The average molecular weight is 461 g/mol. The highest BCUT2D eigenvalue weighted by molar-refractivity contribution is 5.74. The Kier molecular flexibility index (Phi) is 8.82. The van der Waals surface area contributed by atoms with Gasteiger partial charge in [-0.3, -0.25) is 4.79 Å². The van der Waals surface area contributed by atoms with E-state index in [1.54, 1.807) is 24.3 Å². The maximum Gasteiger partial charge on any atom is 0.307 e. The summed E-state index contributed by atoms with van der Waals surface area (Å²) in [6.45, 7) is 1.59. The van der Waals surface area contributed by atoms with E-state index in [0.29, 0.717) is 16.9 Å². The molecule has 0 radical (unpaired) electrons. The molecular weight excluding hydrogens is 428 g/mol. The lowest BCUT2D eigenvalue weighted by molar-refractivity contribution is -0.277. The van der Waals surface area contributed by atoms with Crippen molar-refractivity contribution in [2.75, 3.05) is 6.61 Å². The maximum absolute atomic E-state index is 11.2. The van der Waals surface area contributed by atoms with Crippen molar-refractivity contribution in [3.63, 3.8) is 0 Å². The molecule has 0 aromatic heterocycles. The molecular formula is C25H32O8.